The molecule has 2 aliphatic heterocycles. The van der Waals surface area contributed by atoms with Crippen LogP contribution < -0.4 is 4.90 Å². The highest BCUT2D eigenvalue weighted by molar-refractivity contribution is 7.86. The lowest BCUT2D eigenvalue weighted by Crippen LogP contribution is -2.28. The second kappa shape index (κ2) is 15.6. The molecule has 11 nitrogen and oxygen atoms in total. The number of nitrogens with zero attached hydrogens (tertiary/aromatic N) is 2. The third kappa shape index (κ3) is 9.41. The second-order valence-electron chi connectivity index (χ2n) is 14.9. The summed E-state index contributed by atoms with van der Waals surface area (Å²) in [7, 11) is -12.6. The van der Waals surface area contributed by atoms with E-state index in [0.29, 0.717) is 42.9 Å². The minimum Gasteiger partial charge on any atom is -0.344 e. The summed E-state index contributed by atoms with van der Waals surface area (Å²) in [4.78, 5) is 1.81. The van der Waals surface area contributed by atoms with Gasteiger partial charge in [0.2, 0.25) is 5.69 Å². The van der Waals surface area contributed by atoms with E-state index in [4.69, 9.17) is 11.6 Å². The minimum atomic E-state index is -4.45. The Hall–Kier alpha value is -3.11. The zero-order valence-corrected chi connectivity index (χ0v) is 33.6. The zero-order valence-electron chi connectivity index (χ0n) is 30.4. The molecule has 3 aliphatic rings. The number of rotatable bonds is 14. The lowest BCUT2D eigenvalue weighted by molar-refractivity contribution is -0.438. The fourth-order valence-corrected chi connectivity index (χ4v) is 9.57. The van der Waals surface area contributed by atoms with Gasteiger partial charge in [0, 0.05) is 52.5 Å². The van der Waals surface area contributed by atoms with E-state index in [1.165, 1.54) is 12.1 Å². The fourth-order valence-electron chi connectivity index (χ4n) is 7.61. The Kier molecular flexibility index (Phi) is 12.1. The topological polar surface area (TPSA) is 169 Å². The lowest BCUT2D eigenvalue weighted by atomic mass is 9.81. The van der Waals surface area contributed by atoms with Crippen molar-refractivity contribution in [3.63, 3.8) is 0 Å². The Bertz CT molecular complexity index is 2270. The molecule has 53 heavy (non-hydrogen) atoms. The molecule has 0 radical (unpaired) electrons. The van der Waals surface area contributed by atoms with Crippen LogP contribution in [0.25, 0.3) is 0 Å². The molecule has 288 valence electrons. The molecule has 0 unspecified atom stereocenters. The number of hydrogen-bond acceptors (Lipinski definition) is 7. The third-order valence-electron chi connectivity index (χ3n) is 10.4. The highest BCUT2D eigenvalue weighted by atomic mass is 35.5. The van der Waals surface area contributed by atoms with Gasteiger partial charge in [0.15, 0.2) is 5.71 Å². The highest BCUT2D eigenvalue weighted by Gasteiger charge is 2.44. The molecular formula is C38H48ClN2O9S3+. The van der Waals surface area contributed by atoms with Crippen LogP contribution in [0.1, 0.15) is 83.8 Å². The predicted molar refractivity (Wildman–Crippen MR) is 209 cm³/mol. The number of allylic oxidation sites excluding steroid dienone is 8. The number of para-hydroxylation sites is 1. The third-order valence-corrected chi connectivity index (χ3v) is 13.3. The maximum absolute atomic E-state index is 12.0. The van der Waals surface area contributed by atoms with Crippen molar-refractivity contribution >= 4 is 59.0 Å². The number of benzene rings is 2. The van der Waals surface area contributed by atoms with Gasteiger partial charge in [0.1, 0.15) is 6.54 Å². The van der Waals surface area contributed by atoms with Crippen LogP contribution >= 0.6 is 11.6 Å². The van der Waals surface area contributed by atoms with Crippen LogP contribution in [-0.2, 0) is 41.2 Å². The van der Waals surface area contributed by atoms with E-state index in [9.17, 15) is 38.9 Å². The molecule has 0 spiro atoms. The van der Waals surface area contributed by atoms with Gasteiger partial charge in [-0.25, -0.2) is 0 Å². The first-order valence-electron chi connectivity index (χ1n) is 17.6. The largest absolute Gasteiger partial charge is 0.344 e. The quantitative estimate of drug-likeness (QED) is 0.0988. The maximum Gasteiger partial charge on any atom is 0.294 e. The first-order valence-corrected chi connectivity index (χ1v) is 22.7. The number of fused-ring (bicyclic) bond motifs is 2. The van der Waals surface area contributed by atoms with Gasteiger partial charge < -0.3 is 4.90 Å². The molecule has 0 atom stereocenters. The van der Waals surface area contributed by atoms with E-state index < -0.39 is 35.8 Å². The van der Waals surface area contributed by atoms with E-state index in [1.54, 1.807) is 6.07 Å². The van der Waals surface area contributed by atoms with Gasteiger partial charge in [-0.1, -0.05) is 55.8 Å². The van der Waals surface area contributed by atoms with E-state index in [0.717, 1.165) is 58.8 Å². The summed E-state index contributed by atoms with van der Waals surface area (Å²) >= 11 is 7.11. The molecule has 0 saturated heterocycles. The van der Waals surface area contributed by atoms with Gasteiger partial charge >= 0.3 is 0 Å². The molecular weight excluding hydrogens is 760 g/mol. The number of anilines is 1. The first kappa shape index (κ1) is 41.1. The molecule has 3 N–H and O–H groups in total. The normalized spacial score (nSPS) is 20.3. The smallest absolute Gasteiger partial charge is 0.294 e. The summed E-state index contributed by atoms with van der Waals surface area (Å²) in [5.74, 6) is -0.654. The second-order valence-corrected chi connectivity index (χ2v) is 19.8. The van der Waals surface area contributed by atoms with Crippen molar-refractivity contribution in [1.82, 2.24) is 0 Å². The van der Waals surface area contributed by atoms with Gasteiger partial charge in [-0.05, 0) is 93.4 Å². The van der Waals surface area contributed by atoms with Crippen LogP contribution in [0.2, 0.25) is 0 Å². The van der Waals surface area contributed by atoms with E-state index in [2.05, 4.69) is 42.7 Å². The molecule has 0 aromatic heterocycles. The molecule has 2 aromatic rings. The number of halogens is 1. The van der Waals surface area contributed by atoms with Gasteiger partial charge in [-0.15, -0.1) is 0 Å². The molecule has 2 heterocycles. The van der Waals surface area contributed by atoms with Crippen LogP contribution in [0.5, 0.6) is 0 Å². The molecule has 0 amide bonds. The van der Waals surface area contributed by atoms with Crippen LogP contribution in [0.4, 0.5) is 11.4 Å². The van der Waals surface area contributed by atoms with E-state index in [1.807, 2.05) is 43.0 Å². The van der Waals surface area contributed by atoms with Crippen molar-refractivity contribution in [2.24, 2.45) is 0 Å². The fraction of sp³-hybridized carbons (Fsp3) is 0.447. The Labute approximate surface area is 318 Å². The molecule has 15 heteroatoms. The summed E-state index contributed by atoms with van der Waals surface area (Å²) in [6.45, 7) is 9.23. The molecule has 0 saturated carbocycles. The van der Waals surface area contributed by atoms with Gasteiger partial charge in [-0.2, -0.15) is 29.8 Å². The van der Waals surface area contributed by atoms with Crippen LogP contribution in [0, 0.1) is 0 Å². The first-order chi connectivity index (χ1) is 24.6. The van der Waals surface area contributed by atoms with Crippen molar-refractivity contribution in [3.05, 3.63) is 99.8 Å². The predicted octanol–water partition coefficient (Wildman–Crippen LogP) is 7.49. The molecule has 1 aliphatic carbocycles. The summed E-state index contributed by atoms with van der Waals surface area (Å²) in [5.41, 5.74) is 6.46. The van der Waals surface area contributed by atoms with Crippen LogP contribution in [0.3, 0.4) is 0 Å². The summed E-state index contributed by atoms with van der Waals surface area (Å²) < 4.78 is 99.9. The van der Waals surface area contributed by atoms with Gasteiger partial charge in [0.05, 0.1) is 21.8 Å². The average Bonchev–Trinajstić information content (AvgIpc) is 3.40. The summed E-state index contributed by atoms with van der Waals surface area (Å²) in [6.07, 6.45) is 12.1. The van der Waals surface area contributed by atoms with Crippen molar-refractivity contribution < 1.29 is 43.5 Å². The molecule has 0 fully saturated rings. The van der Waals surface area contributed by atoms with Crippen molar-refractivity contribution in [2.45, 2.75) is 88.4 Å². The Morgan fingerprint density at radius 1 is 0.792 bits per heavy atom. The number of unbranched alkanes of at least 4 members (excludes halogenated alkanes) is 2. The summed E-state index contributed by atoms with van der Waals surface area (Å²) in [6, 6.07) is 12.6. The Morgan fingerprint density at radius 3 is 2.11 bits per heavy atom. The minimum absolute atomic E-state index is 0.215. The summed E-state index contributed by atoms with van der Waals surface area (Å²) in [5, 5.41) is 0.639. The monoisotopic (exact) mass is 807 g/mol. The number of hydrogen-bond donors (Lipinski definition) is 3. The van der Waals surface area contributed by atoms with Crippen LogP contribution in [-0.4, -0.2) is 73.8 Å². The van der Waals surface area contributed by atoms with E-state index >= 15 is 0 Å². The standard InChI is InChI=1S/C38H47ClN2O9S3/c1-37(2)30-14-5-6-15-32(30)40(22-7-9-24-51(42,43)44)34(37)20-16-27-12-11-13-28(36(27)39)17-21-35-38(3,4)31-26-29(53(48,49)50)18-19-33(31)41(35)23-8-10-25-52(45,46)47/h5-6,14-21,26H,7-13,22-25H2,1-4H3,(H2-,42,43,44,45,46,47,48,49,50)/p+1. The van der Waals surface area contributed by atoms with Gasteiger partial charge in [0.25, 0.3) is 30.4 Å². The van der Waals surface area contributed by atoms with Crippen molar-refractivity contribution in [3.8, 4) is 0 Å². The van der Waals surface area contributed by atoms with Crippen molar-refractivity contribution in [1.29, 1.82) is 0 Å². The molecule has 0 bridgehead atoms. The molecule has 2 aromatic carbocycles. The maximum atomic E-state index is 12.0. The zero-order chi connectivity index (χ0) is 39.0. The van der Waals surface area contributed by atoms with E-state index in [-0.39, 0.29) is 28.2 Å². The van der Waals surface area contributed by atoms with Crippen molar-refractivity contribution in [2.75, 3.05) is 29.5 Å². The van der Waals surface area contributed by atoms with Crippen LogP contribution in [0.15, 0.2) is 93.5 Å². The lowest BCUT2D eigenvalue weighted by Gasteiger charge is -2.27. The average molecular weight is 808 g/mol. The Balaban J connectivity index is 1.48. The highest BCUT2D eigenvalue weighted by Crippen LogP contribution is 2.49. The Morgan fingerprint density at radius 2 is 1.45 bits per heavy atom. The molecule has 5 rings (SSSR count). The van der Waals surface area contributed by atoms with Gasteiger partial charge in [-0.3, -0.25) is 13.7 Å². The SMILES string of the molecule is CC1(C)C(/C=C/C2=C(Cl)C(=C/C=C3/N(CCCCS(=O)(=O)O)c4ccc(S(=O)(=O)O)cc4C3(C)C)/CCC2)=[N+](CCCCS(=O)(=O)O)c2ccccc21.